The molecule has 0 saturated carbocycles. The van der Waals surface area contributed by atoms with Gasteiger partial charge in [-0.05, 0) is 31.2 Å². The summed E-state index contributed by atoms with van der Waals surface area (Å²) >= 11 is 0. The number of benzene rings is 1. The number of halogens is 5. The van der Waals surface area contributed by atoms with E-state index in [4.69, 9.17) is 4.74 Å². The summed E-state index contributed by atoms with van der Waals surface area (Å²) in [6.45, 7) is 0.937. The summed E-state index contributed by atoms with van der Waals surface area (Å²) in [5.74, 6) is -7.66. The zero-order chi connectivity index (χ0) is 17.8. The zero-order valence-electron chi connectivity index (χ0n) is 12.6. The van der Waals surface area contributed by atoms with E-state index < -0.39 is 30.0 Å². The Morgan fingerprint density at radius 2 is 1.61 bits per heavy atom. The molecule has 2 atom stereocenters. The fourth-order valence-electron chi connectivity index (χ4n) is 1.89. The molecule has 9 heteroatoms. The molecule has 0 aromatic heterocycles. The van der Waals surface area contributed by atoms with Gasteiger partial charge in [-0.2, -0.15) is 22.0 Å². The Hall–Kier alpha value is -2.06. The number of rotatable bonds is 6. The first-order valence-electron chi connectivity index (χ1n) is 6.47. The van der Waals surface area contributed by atoms with Gasteiger partial charge in [-0.15, -0.1) is 0 Å². The lowest BCUT2D eigenvalue weighted by molar-refractivity contribution is -0.290. The van der Waals surface area contributed by atoms with E-state index in [0.717, 1.165) is 14.0 Å². The van der Waals surface area contributed by atoms with Crippen molar-refractivity contribution in [3.63, 3.8) is 0 Å². The van der Waals surface area contributed by atoms with Gasteiger partial charge in [-0.3, -0.25) is 4.79 Å². The molecule has 0 saturated heterocycles. The van der Waals surface area contributed by atoms with E-state index in [1.54, 1.807) is 0 Å². The Bertz CT molecular complexity index is 530. The number of anilines is 1. The van der Waals surface area contributed by atoms with Crippen LogP contribution >= 0.6 is 0 Å². The summed E-state index contributed by atoms with van der Waals surface area (Å²) in [4.78, 5) is 11.4. The molecule has 0 aliphatic carbocycles. The van der Waals surface area contributed by atoms with Crippen molar-refractivity contribution >= 4 is 11.7 Å². The van der Waals surface area contributed by atoms with Crippen molar-refractivity contribution in [1.82, 2.24) is 0 Å². The zero-order valence-corrected chi connectivity index (χ0v) is 12.6. The van der Waals surface area contributed by atoms with Crippen LogP contribution in [0.1, 0.15) is 6.92 Å². The molecule has 1 rings (SSSR count). The third kappa shape index (κ3) is 4.23. The highest BCUT2D eigenvalue weighted by Crippen LogP contribution is 2.41. The molecule has 1 N–H and O–H groups in total. The van der Waals surface area contributed by atoms with Crippen LogP contribution in [0.4, 0.5) is 27.6 Å². The van der Waals surface area contributed by atoms with E-state index in [0.29, 0.717) is 5.75 Å². The lowest BCUT2D eigenvalue weighted by Gasteiger charge is -2.32. The summed E-state index contributed by atoms with van der Waals surface area (Å²) in [5, 5.41) is 2.07. The van der Waals surface area contributed by atoms with Gasteiger partial charge in [0.2, 0.25) is 0 Å². The largest absolute Gasteiger partial charge is 0.497 e. The van der Waals surface area contributed by atoms with Crippen molar-refractivity contribution in [2.45, 2.75) is 25.1 Å². The predicted octanol–water partition coefficient (Wildman–Crippen LogP) is 3.48. The van der Waals surface area contributed by atoms with E-state index in [9.17, 15) is 26.7 Å². The minimum absolute atomic E-state index is 0.0181. The van der Waals surface area contributed by atoms with E-state index in [1.165, 1.54) is 31.4 Å². The molecular weight excluding hydrogens is 325 g/mol. The van der Waals surface area contributed by atoms with E-state index in [1.807, 2.05) is 0 Å². The van der Waals surface area contributed by atoms with Gasteiger partial charge in [0.25, 0.3) is 0 Å². The molecule has 0 unspecified atom stereocenters. The predicted molar refractivity (Wildman–Crippen MR) is 72.6 cm³/mol. The Labute approximate surface area is 129 Å². The summed E-state index contributed by atoms with van der Waals surface area (Å²) in [6.07, 6.45) is -5.82. The van der Waals surface area contributed by atoms with Gasteiger partial charge in [0.05, 0.1) is 20.1 Å². The molecule has 1 aromatic carbocycles. The number of carbonyl (C=O) groups is 1. The van der Waals surface area contributed by atoms with Gasteiger partial charge in [-0.25, -0.2) is 0 Å². The number of esters is 1. The van der Waals surface area contributed by atoms with Crippen LogP contribution in [0.5, 0.6) is 5.75 Å². The topological polar surface area (TPSA) is 47.6 Å². The maximum atomic E-state index is 13.8. The van der Waals surface area contributed by atoms with Crippen LogP contribution < -0.4 is 10.1 Å². The molecule has 0 spiro atoms. The highest BCUT2D eigenvalue weighted by Gasteiger charge is 2.64. The van der Waals surface area contributed by atoms with Crippen molar-refractivity contribution in [2.24, 2.45) is 5.92 Å². The SMILES string of the molecule is COC(=O)[C@H](C)[C@@H](Nc1ccc(OC)cc1)C(F)(F)C(F)(F)F. The van der Waals surface area contributed by atoms with Gasteiger partial charge in [0.1, 0.15) is 11.8 Å². The minimum Gasteiger partial charge on any atom is -0.497 e. The average Bonchev–Trinajstić information content (AvgIpc) is 2.50. The molecule has 0 radical (unpaired) electrons. The lowest BCUT2D eigenvalue weighted by atomic mass is 9.95. The number of alkyl halides is 5. The molecule has 1 aromatic rings. The monoisotopic (exact) mass is 341 g/mol. The maximum absolute atomic E-state index is 13.8. The number of hydrogen-bond acceptors (Lipinski definition) is 4. The highest BCUT2D eigenvalue weighted by molar-refractivity contribution is 5.73. The van der Waals surface area contributed by atoms with Crippen molar-refractivity contribution in [3.05, 3.63) is 24.3 Å². The van der Waals surface area contributed by atoms with Gasteiger partial charge >= 0.3 is 18.1 Å². The summed E-state index contributed by atoms with van der Waals surface area (Å²) in [7, 11) is 2.29. The van der Waals surface area contributed by atoms with Crippen LogP contribution in [0.2, 0.25) is 0 Å². The van der Waals surface area contributed by atoms with Crippen LogP contribution in [-0.4, -0.2) is 38.3 Å². The average molecular weight is 341 g/mol. The van der Waals surface area contributed by atoms with Crippen molar-refractivity contribution in [3.8, 4) is 5.75 Å². The molecule has 23 heavy (non-hydrogen) atoms. The molecule has 0 aliphatic heterocycles. The Morgan fingerprint density at radius 3 is 2.00 bits per heavy atom. The van der Waals surface area contributed by atoms with Gasteiger partial charge in [-0.1, -0.05) is 0 Å². The van der Waals surface area contributed by atoms with Crippen LogP contribution in [0.15, 0.2) is 24.3 Å². The first kappa shape index (κ1) is 19.0. The lowest BCUT2D eigenvalue weighted by Crippen LogP contribution is -2.55. The fraction of sp³-hybridized carbons (Fsp3) is 0.500. The molecule has 0 aliphatic rings. The second-order valence-electron chi connectivity index (χ2n) is 4.78. The second kappa shape index (κ2) is 7.01. The van der Waals surface area contributed by atoms with Crippen molar-refractivity contribution in [1.29, 1.82) is 0 Å². The standard InChI is InChI=1S/C14H16F5NO3/c1-8(12(21)23-3)11(13(15,16)14(17,18)19)20-9-4-6-10(22-2)7-5-9/h4-8,11,20H,1-3H3/t8-,11-/m1/s1. The molecular formula is C14H16F5NO3. The van der Waals surface area contributed by atoms with Gasteiger partial charge < -0.3 is 14.8 Å². The summed E-state index contributed by atoms with van der Waals surface area (Å²) in [5.41, 5.74) is -0.0181. The first-order chi connectivity index (χ1) is 10.5. The Morgan fingerprint density at radius 1 is 1.09 bits per heavy atom. The van der Waals surface area contributed by atoms with E-state index >= 15 is 0 Å². The van der Waals surface area contributed by atoms with Crippen LogP contribution in [0, 0.1) is 5.92 Å². The smallest absolute Gasteiger partial charge is 0.455 e. The molecule has 0 bridgehead atoms. The van der Waals surface area contributed by atoms with Crippen LogP contribution in [0.3, 0.4) is 0 Å². The number of hydrogen-bond donors (Lipinski definition) is 1. The van der Waals surface area contributed by atoms with E-state index in [2.05, 4.69) is 10.1 Å². The molecule has 0 fully saturated rings. The minimum atomic E-state index is -5.82. The third-order valence-electron chi connectivity index (χ3n) is 3.25. The normalized spacial score (nSPS) is 14.8. The third-order valence-corrected chi connectivity index (χ3v) is 3.25. The number of methoxy groups -OCH3 is 2. The second-order valence-corrected chi connectivity index (χ2v) is 4.78. The Balaban J connectivity index is 3.15. The quantitative estimate of drug-likeness (QED) is 0.636. The number of ether oxygens (including phenoxy) is 2. The van der Waals surface area contributed by atoms with Gasteiger partial charge in [0.15, 0.2) is 0 Å². The molecule has 4 nitrogen and oxygen atoms in total. The molecule has 0 heterocycles. The molecule has 130 valence electrons. The summed E-state index contributed by atoms with van der Waals surface area (Å²) < 4.78 is 74.7. The van der Waals surface area contributed by atoms with Crippen molar-refractivity contribution in [2.75, 3.05) is 19.5 Å². The Kier molecular flexibility index (Phi) is 5.79. The van der Waals surface area contributed by atoms with Crippen LogP contribution in [0.25, 0.3) is 0 Å². The summed E-state index contributed by atoms with van der Waals surface area (Å²) in [6, 6.07) is 2.77. The van der Waals surface area contributed by atoms with Gasteiger partial charge in [0, 0.05) is 5.69 Å². The number of nitrogens with one attached hydrogen (secondary N) is 1. The highest BCUT2D eigenvalue weighted by atomic mass is 19.4. The fourth-order valence-corrected chi connectivity index (χ4v) is 1.89. The van der Waals surface area contributed by atoms with Crippen LogP contribution in [-0.2, 0) is 9.53 Å². The maximum Gasteiger partial charge on any atom is 0.455 e. The number of carbonyl (C=O) groups excluding carboxylic acids is 1. The van der Waals surface area contributed by atoms with Crippen molar-refractivity contribution < 1.29 is 36.2 Å². The van der Waals surface area contributed by atoms with E-state index in [-0.39, 0.29) is 5.69 Å². The molecule has 0 amide bonds. The first-order valence-corrected chi connectivity index (χ1v) is 6.47.